The van der Waals surface area contributed by atoms with Gasteiger partial charge >= 0.3 is 5.69 Å². The van der Waals surface area contributed by atoms with Crippen molar-refractivity contribution in [3.8, 4) is 11.5 Å². The van der Waals surface area contributed by atoms with Crippen LogP contribution in [0.15, 0.2) is 36.4 Å². The number of methoxy groups -OCH3 is 1. The molecule has 2 aromatic rings. The van der Waals surface area contributed by atoms with Crippen molar-refractivity contribution < 1.29 is 24.0 Å². The van der Waals surface area contributed by atoms with Crippen LogP contribution in [0.5, 0.6) is 11.5 Å². The van der Waals surface area contributed by atoms with Crippen molar-refractivity contribution in [2.45, 2.75) is 13.0 Å². The predicted molar refractivity (Wildman–Crippen MR) is 95.2 cm³/mol. The fourth-order valence-corrected chi connectivity index (χ4v) is 2.34. The smallest absolute Gasteiger partial charge is 0.311 e. The average Bonchev–Trinajstić information content (AvgIpc) is 2.61. The van der Waals surface area contributed by atoms with E-state index in [0.29, 0.717) is 22.7 Å². The lowest BCUT2D eigenvalue weighted by molar-refractivity contribution is -0.386. The summed E-state index contributed by atoms with van der Waals surface area (Å²) in [5, 5.41) is 14.0. The zero-order valence-electron chi connectivity index (χ0n) is 13.9. The minimum absolute atomic E-state index is 0.115. The number of nitrogens with zero attached hydrogens (tertiary/aromatic N) is 1. The second-order valence-corrected chi connectivity index (χ2v) is 5.61. The molecule has 8 nitrogen and oxygen atoms in total. The molecule has 0 saturated carbocycles. The number of anilines is 1. The number of hydrogen-bond acceptors (Lipinski definition) is 6. The third-order valence-corrected chi connectivity index (χ3v) is 3.70. The Hall–Kier alpha value is -3.13. The van der Waals surface area contributed by atoms with Gasteiger partial charge in [-0.2, -0.15) is 0 Å². The molecular formula is C17H15ClN2O6. The van der Waals surface area contributed by atoms with Gasteiger partial charge in [0.25, 0.3) is 5.91 Å². The van der Waals surface area contributed by atoms with E-state index in [1.54, 1.807) is 12.1 Å². The largest absolute Gasteiger partial charge is 0.495 e. The standard InChI is InChI=1S/C17H15ClN2O6/c1-10(17(22)19-12-4-6-15(25-2)13(18)8-12)26-16-5-3-11(9-21)7-14(16)20(23)24/h3-10H,1-2H3,(H,19,22)/t10-/m1/s1. The number of carbonyl (C=O) groups excluding carboxylic acids is 2. The minimum Gasteiger partial charge on any atom is -0.495 e. The first kappa shape index (κ1) is 19.2. The van der Waals surface area contributed by atoms with Crippen LogP contribution in [-0.4, -0.2) is 30.3 Å². The highest BCUT2D eigenvalue weighted by molar-refractivity contribution is 6.32. The van der Waals surface area contributed by atoms with E-state index < -0.39 is 22.6 Å². The van der Waals surface area contributed by atoms with Crippen LogP contribution in [0, 0.1) is 10.1 Å². The SMILES string of the molecule is COc1ccc(NC(=O)[C@@H](C)Oc2ccc(C=O)cc2[N+](=O)[O-])cc1Cl. The van der Waals surface area contributed by atoms with Crippen molar-refractivity contribution in [2.75, 3.05) is 12.4 Å². The fraction of sp³-hybridized carbons (Fsp3) is 0.176. The lowest BCUT2D eigenvalue weighted by Gasteiger charge is -2.15. The number of nitrogens with one attached hydrogen (secondary N) is 1. The number of nitro groups is 1. The molecule has 0 heterocycles. The number of carbonyl (C=O) groups is 2. The van der Waals surface area contributed by atoms with Gasteiger partial charge < -0.3 is 14.8 Å². The van der Waals surface area contributed by atoms with Crippen LogP contribution >= 0.6 is 11.6 Å². The van der Waals surface area contributed by atoms with E-state index in [9.17, 15) is 19.7 Å². The summed E-state index contributed by atoms with van der Waals surface area (Å²) >= 11 is 6.00. The van der Waals surface area contributed by atoms with Crippen molar-refractivity contribution in [3.05, 3.63) is 57.1 Å². The summed E-state index contributed by atoms with van der Waals surface area (Å²) in [5.74, 6) is -0.184. The van der Waals surface area contributed by atoms with E-state index in [-0.39, 0.29) is 11.3 Å². The van der Waals surface area contributed by atoms with Crippen molar-refractivity contribution in [1.82, 2.24) is 0 Å². The van der Waals surface area contributed by atoms with E-state index in [1.807, 2.05) is 0 Å². The number of hydrogen-bond donors (Lipinski definition) is 1. The Bertz CT molecular complexity index is 855. The minimum atomic E-state index is -1.03. The molecule has 1 amide bonds. The molecule has 0 aliphatic carbocycles. The number of benzene rings is 2. The predicted octanol–water partition coefficient (Wildman–Crippen LogP) is 3.48. The quantitative estimate of drug-likeness (QED) is 0.449. The third kappa shape index (κ3) is 4.48. The zero-order valence-corrected chi connectivity index (χ0v) is 14.6. The van der Waals surface area contributed by atoms with Crippen LogP contribution in [0.3, 0.4) is 0 Å². The summed E-state index contributed by atoms with van der Waals surface area (Å²) in [6.07, 6.45) is -0.544. The van der Waals surface area contributed by atoms with Gasteiger partial charge in [0.05, 0.1) is 17.1 Å². The molecule has 0 aromatic heterocycles. The van der Waals surface area contributed by atoms with E-state index in [0.717, 1.165) is 6.07 Å². The van der Waals surface area contributed by atoms with Crippen molar-refractivity contribution in [2.24, 2.45) is 0 Å². The summed E-state index contributed by atoms with van der Waals surface area (Å²) in [5.41, 5.74) is 0.151. The zero-order chi connectivity index (χ0) is 19.3. The first-order valence-corrected chi connectivity index (χ1v) is 7.78. The number of aldehydes is 1. The van der Waals surface area contributed by atoms with Gasteiger partial charge in [-0.1, -0.05) is 11.6 Å². The number of nitro benzene ring substituents is 1. The number of halogens is 1. The van der Waals surface area contributed by atoms with Crippen LogP contribution < -0.4 is 14.8 Å². The molecule has 0 bridgehead atoms. The first-order chi connectivity index (χ1) is 12.3. The molecule has 2 aromatic carbocycles. The van der Waals surface area contributed by atoms with Crippen molar-refractivity contribution in [1.29, 1.82) is 0 Å². The second-order valence-electron chi connectivity index (χ2n) is 5.20. The molecule has 0 aliphatic rings. The number of rotatable bonds is 7. The Kier molecular flexibility index (Phi) is 6.13. The second kappa shape index (κ2) is 8.30. The van der Waals surface area contributed by atoms with Gasteiger partial charge in [0.15, 0.2) is 11.9 Å². The maximum atomic E-state index is 12.3. The molecule has 0 saturated heterocycles. The summed E-state index contributed by atoms with van der Waals surface area (Å²) in [6.45, 7) is 1.44. The topological polar surface area (TPSA) is 108 Å². The highest BCUT2D eigenvalue weighted by Gasteiger charge is 2.22. The summed E-state index contributed by atoms with van der Waals surface area (Å²) in [6, 6.07) is 8.41. The number of ether oxygens (including phenoxy) is 2. The van der Waals surface area contributed by atoms with E-state index in [1.165, 1.54) is 32.2 Å². The van der Waals surface area contributed by atoms with E-state index in [4.69, 9.17) is 21.1 Å². The maximum absolute atomic E-state index is 12.3. The molecule has 9 heteroatoms. The molecule has 0 aliphatic heterocycles. The highest BCUT2D eigenvalue weighted by atomic mass is 35.5. The molecular weight excluding hydrogens is 364 g/mol. The van der Waals surface area contributed by atoms with Gasteiger partial charge in [-0.15, -0.1) is 0 Å². The molecule has 1 N–H and O–H groups in total. The molecule has 2 rings (SSSR count). The van der Waals surface area contributed by atoms with Gasteiger partial charge in [-0.05, 0) is 37.3 Å². The average molecular weight is 379 g/mol. The molecule has 0 unspecified atom stereocenters. The Balaban J connectivity index is 2.13. The Labute approximate surface area is 153 Å². The van der Waals surface area contributed by atoms with Crippen molar-refractivity contribution >= 4 is 35.2 Å². The van der Waals surface area contributed by atoms with Crippen LogP contribution in [0.4, 0.5) is 11.4 Å². The van der Waals surface area contributed by atoms with Gasteiger partial charge in [0.2, 0.25) is 0 Å². The Morgan fingerprint density at radius 3 is 2.54 bits per heavy atom. The van der Waals surface area contributed by atoms with E-state index in [2.05, 4.69) is 5.32 Å². The fourth-order valence-electron chi connectivity index (χ4n) is 2.08. The summed E-state index contributed by atoms with van der Waals surface area (Å²) < 4.78 is 10.4. The van der Waals surface area contributed by atoms with Crippen LogP contribution in [0.25, 0.3) is 0 Å². The van der Waals surface area contributed by atoms with Gasteiger partial charge in [-0.3, -0.25) is 19.7 Å². The molecule has 26 heavy (non-hydrogen) atoms. The van der Waals surface area contributed by atoms with Crippen LogP contribution in [0.2, 0.25) is 5.02 Å². The monoisotopic (exact) mass is 378 g/mol. The molecule has 0 fully saturated rings. The lowest BCUT2D eigenvalue weighted by atomic mass is 10.2. The highest BCUT2D eigenvalue weighted by Crippen LogP contribution is 2.29. The number of amides is 1. The summed E-state index contributed by atoms with van der Waals surface area (Å²) in [7, 11) is 1.47. The lowest BCUT2D eigenvalue weighted by Crippen LogP contribution is -2.30. The molecule has 0 spiro atoms. The van der Waals surface area contributed by atoms with Crippen molar-refractivity contribution in [3.63, 3.8) is 0 Å². The van der Waals surface area contributed by atoms with Crippen LogP contribution in [-0.2, 0) is 4.79 Å². The Morgan fingerprint density at radius 1 is 1.27 bits per heavy atom. The van der Waals surface area contributed by atoms with Crippen LogP contribution in [0.1, 0.15) is 17.3 Å². The van der Waals surface area contributed by atoms with Gasteiger partial charge in [0, 0.05) is 17.3 Å². The first-order valence-electron chi connectivity index (χ1n) is 7.40. The normalized spacial score (nSPS) is 11.3. The van der Waals surface area contributed by atoms with Gasteiger partial charge in [0.1, 0.15) is 12.0 Å². The van der Waals surface area contributed by atoms with E-state index >= 15 is 0 Å². The maximum Gasteiger partial charge on any atom is 0.311 e. The van der Waals surface area contributed by atoms with Gasteiger partial charge in [-0.25, -0.2) is 0 Å². The molecule has 0 radical (unpaired) electrons. The third-order valence-electron chi connectivity index (χ3n) is 3.41. The summed E-state index contributed by atoms with van der Waals surface area (Å²) in [4.78, 5) is 33.4. The Morgan fingerprint density at radius 2 is 1.96 bits per heavy atom. The molecule has 1 atom stereocenters. The molecule has 136 valence electrons.